The minimum absolute atomic E-state index is 0.206. The van der Waals surface area contributed by atoms with Crippen molar-refractivity contribution < 1.29 is 5.11 Å². The first-order valence-corrected chi connectivity index (χ1v) is 9.71. The van der Waals surface area contributed by atoms with Crippen molar-refractivity contribution in [1.29, 1.82) is 0 Å². The second kappa shape index (κ2) is 6.23. The Morgan fingerprint density at radius 1 is 1.12 bits per heavy atom. The molecule has 1 rings (SSSR count). The van der Waals surface area contributed by atoms with Gasteiger partial charge < -0.3 is 5.11 Å². The van der Waals surface area contributed by atoms with Crippen LogP contribution < -0.4 is 5.19 Å². The van der Waals surface area contributed by atoms with Crippen LogP contribution in [-0.4, -0.2) is 23.7 Å². The Morgan fingerprint density at radius 2 is 1.71 bits per heavy atom. The van der Waals surface area contributed by atoms with Gasteiger partial charge in [-0.1, -0.05) is 48.6 Å². The number of benzene rings is 1. The van der Waals surface area contributed by atoms with Gasteiger partial charge in [0.25, 0.3) is 0 Å². The van der Waals surface area contributed by atoms with Crippen molar-refractivity contribution in [1.82, 2.24) is 0 Å². The summed E-state index contributed by atoms with van der Waals surface area (Å²) in [6, 6.07) is 10.3. The van der Waals surface area contributed by atoms with Crippen LogP contribution in [0.2, 0.25) is 13.1 Å². The fraction of sp³-hybridized carbons (Fsp3) is 0.538. The molecule has 0 radical (unpaired) electrons. The van der Waals surface area contributed by atoms with Gasteiger partial charge in [0, 0.05) is 6.61 Å². The zero-order chi connectivity index (χ0) is 12.9. The van der Waals surface area contributed by atoms with Crippen LogP contribution in [0.15, 0.2) is 30.3 Å². The summed E-state index contributed by atoms with van der Waals surface area (Å²) in [6.45, 7) is 4.60. The number of hydrogen-bond acceptors (Lipinski definition) is 1. The molecule has 0 unspecified atom stereocenters. The molecule has 0 heterocycles. The van der Waals surface area contributed by atoms with E-state index in [2.05, 4.69) is 25.2 Å². The predicted molar refractivity (Wildman–Crippen MR) is 78.9 cm³/mol. The van der Waals surface area contributed by atoms with Gasteiger partial charge in [-0.3, -0.25) is 0 Å². The van der Waals surface area contributed by atoms with E-state index in [4.69, 9.17) is 28.3 Å². The molecule has 0 aliphatic carbocycles. The van der Waals surface area contributed by atoms with Gasteiger partial charge in [0.05, 0.1) is 0 Å². The summed E-state index contributed by atoms with van der Waals surface area (Å²) in [4.78, 5) is 0. The van der Waals surface area contributed by atoms with Crippen LogP contribution in [0.25, 0.3) is 0 Å². The van der Waals surface area contributed by atoms with Crippen molar-refractivity contribution in [3.05, 3.63) is 30.3 Å². The topological polar surface area (TPSA) is 20.2 Å². The van der Waals surface area contributed by atoms with E-state index in [1.54, 1.807) is 0 Å². The number of hydrogen-bond donors (Lipinski definition) is 1. The average Bonchev–Trinajstić information content (AvgIpc) is 2.30. The lowest BCUT2D eigenvalue weighted by Gasteiger charge is -2.36. The maximum absolute atomic E-state index is 8.81. The molecule has 0 fully saturated rings. The summed E-state index contributed by atoms with van der Waals surface area (Å²) < 4.78 is -0.677. The molecular weight excluding hydrogens is 271 g/mol. The first kappa shape index (κ1) is 15.0. The predicted octanol–water partition coefficient (Wildman–Crippen LogP) is 3.48. The molecule has 0 aliphatic rings. The van der Waals surface area contributed by atoms with Gasteiger partial charge >= 0.3 is 0 Å². The molecule has 17 heavy (non-hydrogen) atoms. The molecule has 96 valence electrons. The highest BCUT2D eigenvalue weighted by atomic mass is 35.5. The van der Waals surface area contributed by atoms with Gasteiger partial charge in [-0.25, -0.2) is 0 Å². The molecule has 1 N–H and O–H groups in total. The Labute approximate surface area is 115 Å². The number of halogens is 2. The van der Waals surface area contributed by atoms with Gasteiger partial charge in [0.1, 0.15) is 12.0 Å². The number of unbranched alkanes of at least 4 members (excludes halogenated alkanes) is 1. The summed E-state index contributed by atoms with van der Waals surface area (Å²) in [7, 11) is -1.91. The van der Waals surface area contributed by atoms with E-state index in [0.29, 0.717) is 0 Å². The van der Waals surface area contributed by atoms with Crippen molar-refractivity contribution in [2.24, 2.45) is 0 Å². The third kappa shape index (κ3) is 3.72. The molecule has 0 amide bonds. The van der Waals surface area contributed by atoms with Crippen LogP contribution in [-0.2, 0) is 0 Å². The summed E-state index contributed by atoms with van der Waals surface area (Å²) >= 11 is 13.1. The Hall–Kier alpha value is -0.0231. The second-order valence-corrected chi connectivity index (χ2v) is 11.7. The van der Waals surface area contributed by atoms with Crippen LogP contribution in [0.1, 0.15) is 19.3 Å². The Balaban J connectivity index is 2.81. The lowest BCUT2D eigenvalue weighted by atomic mass is 10.3. The van der Waals surface area contributed by atoms with E-state index in [1.807, 2.05) is 18.2 Å². The molecule has 0 bridgehead atoms. The fourth-order valence-electron chi connectivity index (χ4n) is 1.84. The van der Waals surface area contributed by atoms with E-state index < -0.39 is 12.0 Å². The Bertz CT molecular complexity index is 339. The zero-order valence-corrected chi connectivity index (χ0v) is 12.9. The highest BCUT2D eigenvalue weighted by Crippen LogP contribution is 2.37. The molecule has 1 aromatic carbocycles. The number of aliphatic hydroxyl groups excluding tert-OH is 1. The summed E-state index contributed by atoms with van der Waals surface area (Å²) in [5, 5.41) is 10.1. The van der Waals surface area contributed by atoms with Crippen LogP contribution in [0.4, 0.5) is 0 Å². The molecule has 0 aromatic heterocycles. The highest BCUT2D eigenvalue weighted by molar-refractivity contribution is 7.03. The van der Waals surface area contributed by atoms with Gasteiger partial charge in [0.15, 0.2) is 0 Å². The van der Waals surface area contributed by atoms with Crippen molar-refractivity contribution in [3.8, 4) is 0 Å². The maximum Gasteiger partial charge on any atom is 0.122 e. The quantitative estimate of drug-likeness (QED) is 0.483. The van der Waals surface area contributed by atoms with Crippen molar-refractivity contribution in [2.75, 3.05) is 6.61 Å². The first-order valence-electron chi connectivity index (χ1n) is 5.96. The van der Waals surface area contributed by atoms with E-state index in [-0.39, 0.29) is 6.61 Å². The molecule has 4 heteroatoms. The fourth-order valence-corrected chi connectivity index (χ4v) is 5.01. The Kier molecular flexibility index (Phi) is 5.51. The second-order valence-electron chi connectivity index (χ2n) is 4.88. The molecule has 1 aromatic rings. The lowest BCUT2D eigenvalue weighted by molar-refractivity contribution is 0.283. The van der Waals surface area contributed by atoms with E-state index in [1.165, 1.54) is 5.19 Å². The summed E-state index contributed by atoms with van der Waals surface area (Å²) in [5.74, 6) is 0. The molecular formula is C13H20Cl2OSi. The molecule has 0 aliphatic heterocycles. The van der Waals surface area contributed by atoms with Crippen LogP contribution in [0.3, 0.4) is 0 Å². The number of aliphatic hydroxyl groups is 1. The minimum Gasteiger partial charge on any atom is -0.396 e. The molecule has 1 nitrogen and oxygen atoms in total. The van der Waals surface area contributed by atoms with Crippen molar-refractivity contribution in [2.45, 2.75) is 36.3 Å². The molecule has 0 spiro atoms. The SMILES string of the molecule is C[Si](C)(c1ccccc1)C(Cl)(Cl)CCCCO. The lowest BCUT2D eigenvalue weighted by Crippen LogP contribution is -2.56. The highest BCUT2D eigenvalue weighted by Gasteiger charge is 2.44. The average molecular weight is 291 g/mol. The normalized spacial score (nSPS) is 12.8. The van der Waals surface area contributed by atoms with Crippen LogP contribution in [0.5, 0.6) is 0 Å². The largest absolute Gasteiger partial charge is 0.396 e. The van der Waals surface area contributed by atoms with Gasteiger partial charge in [-0.05, 0) is 19.3 Å². The molecule has 0 saturated heterocycles. The third-order valence-electron chi connectivity index (χ3n) is 3.31. The number of alkyl halides is 2. The van der Waals surface area contributed by atoms with E-state index in [9.17, 15) is 0 Å². The van der Waals surface area contributed by atoms with Crippen molar-refractivity contribution in [3.63, 3.8) is 0 Å². The van der Waals surface area contributed by atoms with Gasteiger partial charge in [0.2, 0.25) is 0 Å². The molecule has 0 atom stereocenters. The Morgan fingerprint density at radius 3 is 2.24 bits per heavy atom. The standard InChI is InChI=1S/C13H20Cl2OSi/c1-17(2,12-8-4-3-5-9-12)13(14,15)10-6-7-11-16/h3-5,8-9,16H,6-7,10-11H2,1-2H3. The van der Waals surface area contributed by atoms with Crippen LogP contribution in [0, 0.1) is 0 Å². The minimum atomic E-state index is -1.91. The van der Waals surface area contributed by atoms with Gasteiger partial charge in [-0.2, -0.15) is 0 Å². The van der Waals surface area contributed by atoms with Crippen LogP contribution >= 0.6 is 23.2 Å². The number of rotatable bonds is 6. The zero-order valence-electron chi connectivity index (χ0n) is 10.4. The monoisotopic (exact) mass is 290 g/mol. The van der Waals surface area contributed by atoms with E-state index in [0.717, 1.165) is 19.3 Å². The summed E-state index contributed by atoms with van der Waals surface area (Å²) in [5.41, 5.74) is 0. The van der Waals surface area contributed by atoms with Gasteiger partial charge in [-0.15, -0.1) is 23.2 Å². The first-order chi connectivity index (χ1) is 7.92. The van der Waals surface area contributed by atoms with Crippen molar-refractivity contribution >= 4 is 36.5 Å². The van der Waals surface area contributed by atoms with E-state index >= 15 is 0 Å². The third-order valence-corrected chi connectivity index (χ3v) is 10.4. The smallest absolute Gasteiger partial charge is 0.122 e. The molecule has 0 saturated carbocycles. The maximum atomic E-state index is 8.81. The summed E-state index contributed by atoms with van der Waals surface area (Å²) in [6.07, 6.45) is 2.37.